The van der Waals surface area contributed by atoms with Crippen molar-refractivity contribution in [3.05, 3.63) is 122 Å². The number of carbonyl (C=O) groups excluding carboxylic acids is 1. The molecule has 394 valence electrons. The molecule has 0 saturated carbocycles. The number of rotatable bonds is 49. The maximum absolute atomic E-state index is 12.8. The van der Waals surface area contributed by atoms with Gasteiger partial charge in [-0.1, -0.05) is 206 Å². The first-order chi connectivity index (χ1) is 33.6. The van der Waals surface area contributed by atoms with Crippen LogP contribution in [0.2, 0.25) is 0 Å². The average Bonchev–Trinajstić information content (AvgIpc) is 3.31. The molecule has 0 spiro atoms. The molecule has 1 N–H and O–H groups in total. The van der Waals surface area contributed by atoms with Crippen LogP contribution in [0, 0.1) is 0 Å². The van der Waals surface area contributed by atoms with Crippen LogP contribution in [-0.2, 0) is 27.9 Å². The van der Waals surface area contributed by atoms with Crippen molar-refractivity contribution in [3.63, 3.8) is 0 Å². The van der Waals surface area contributed by atoms with E-state index in [0.29, 0.717) is 24.1 Å². The van der Waals surface area contributed by atoms with Gasteiger partial charge < -0.3 is 18.9 Å². The second-order valence-corrected chi connectivity index (χ2v) is 20.3. The summed E-state index contributed by atoms with van der Waals surface area (Å²) >= 11 is 0. The molecule has 0 aromatic carbocycles. The number of esters is 1. The third-order valence-electron chi connectivity index (χ3n) is 11.0. The zero-order valence-electron chi connectivity index (χ0n) is 44.8. The van der Waals surface area contributed by atoms with Crippen LogP contribution < -0.4 is 0 Å². The Kier molecular flexibility index (Phi) is 49.0. The number of nitrogens with zero attached hydrogens (tertiary/aromatic N) is 1. The Balaban J connectivity index is 4.19. The maximum Gasteiger partial charge on any atom is 0.472 e. The van der Waals surface area contributed by atoms with E-state index in [1.54, 1.807) is 0 Å². The van der Waals surface area contributed by atoms with Crippen molar-refractivity contribution in [1.29, 1.82) is 0 Å². The van der Waals surface area contributed by atoms with Gasteiger partial charge in [0.25, 0.3) is 0 Å². The molecule has 0 fully saturated rings. The van der Waals surface area contributed by atoms with Crippen molar-refractivity contribution in [2.24, 2.45) is 0 Å². The number of likely N-dealkylation sites (N-methyl/N-ethyl adjacent to an activating group) is 1. The molecule has 0 heterocycles. The number of hydrogen-bond acceptors (Lipinski definition) is 6. The summed E-state index contributed by atoms with van der Waals surface area (Å²) in [5, 5.41) is 0. The molecule has 69 heavy (non-hydrogen) atoms. The molecule has 0 aromatic heterocycles. The van der Waals surface area contributed by atoms with Crippen LogP contribution in [0.4, 0.5) is 0 Å². The predicted octanol–water partition coefficient (Wildman–Crippen LogP) is 17.3. The molecule has 0 radical (unpaired) electrons. The normalized spacial score (nSPS) is 14.5. The van der Waals surface area contributed by atoms with E-state index in [9.17, 15) is 14.3 Å². The van der Waals surface area contributed by atoms with Gasteiger partial charge in [0.05, 0.1) is 34.4 Å². The standard InChI is InChI=1S/C60H102NO7P/c1-6-8-10-12-14-16-18-20-22-24-26-28-29-30-31-32-34-36-38-40-42-44-46-48-50-52-55-65-57-59(58-67-69(63,64)66-56-54-61(3,4)5)68-60(62)53-51-49-47-45-43-41-39-37-35-33-27-25-23-21-19-17-15-13-11-9-7-2/h8-11,14-17,20-23,26-28,30-31,33-34,36,59H,6-7,12-13,18-19,24-25,29,32,35,37-58H2,1-5H3/p+1/b10-8-,11-9-,16-14-,17-15-,22-20-,23-21-,28-26-,31-30-,33-27-,36-34-. The van der Waals surface area contributed by atoms with Crippen LogP contribution in [-0.4, -0.2) is 75.6 Å². The van der Waals surface area contributed by atoms with E-state index >= 15 is 0 Å². The molecule has 9 heteroatoms. The fraction of sp³-hybridized carbons (Fsp3) is 0.650. The summed E-state index contributed by atoms with van der Waals surface area (Å²) in [4.78, 5) is 23.1. The third kappa shape index (κ3) is 55.7. The van der Waals surface area contributed by atoms with Crippen molar-refractivity contribution in [3.8, 4) is 0 Å². The summed E-state index contributed by atoms with van der Waals surface area (Å²) < 4.78 is 35.2. The van der Waals surface area contributed by atoms with Crippen LogP contribution in [0.1, 0.15) is 194 Å². The van der Waals surface area contributed by atoms with Gasteiger partial charge in [0.1, 0.15) is 19.3 Å². The lowest BCUT2D eigenvalue weighted by Gasteiger charge is -2.24. The summed E-state index contributed by atoms with van der Waals surface area (Å²) in [5.74, 6) is -0.331. The minimum atomic E-state index is -4.30. The lowest BCUT2D eigenvalue weighted by atomic mass is 10.1. The zero-order chi connectivity index (χ0) is 50.5. The highest BCUT2D eigenvalue weighted by Crippen LogP contribution is 2.43. The molecule has 0 aliphatic carbocycles. The van der Waals surface area contributed by atoms with Gasteiger partial charge in [0, 0.05) is 13.0 Å². The predicted molar refractivity (Wildman–Crippen MR) is 297 cm³/mol. The molecule has 0 aromatic rings. The highest BCUT2D eigenvalue weighted by Gasteiger charge is 2.26. The van der Waals surface area contributed by atoms with Gasteiger partial charge in [-0.05, 0) is 103 Å². The van der Waals surface area contributed by atoms with Crippen molar-refractivity contribution >= 4 is 13.8 Å². The zero-order valence-corrected chi connectivity index (χ0v) is 45.6. The van der Waals surface area contributed by atoms with Gasteiger partial charge >= 0.3 is 13.8 Å². The average molecular weight is 981 g/mol. The van der Waals surface area contributed by atoms with E-state index in [2.05, 4.69) is 135 Å². The number of unbranched alkanes of at least 4 members (excludes halogenated alkanes) is 15. The molecular formula is C60H103NO7P+. The highest BCUT2D eigenvalue weighted by atomic mass is 31.2. The minimum absolute atomic E-state index is 0.0771. The Morgan fingerprint density at radius 2 is 0.797 bits per heavy atom. The van der Waals surface area contributed by atoms with Gasteiger partial charge in [-0.15, -0.1) is 0 Å². The first kappa shape index (κ1) is 65.9. The fourth-order valence-electron chi connectivity index (χ4n) is 6.90. The lowest BCUT2D eigenvalue weighted by Crippen LogP contribution is -2.37. The Morgan fingerprint density at radius 1 is 0.449 bits per heavy atom. The number of phosphoric ester groups is 1. The van der Waals surface area contributed by atoms with Crippen LogP contribution >= 0.6 is 7.82 Å². The Bertz CT molecular complexity index is 1510. The number of ether oxygens (including phenoxy) is 2. The second-order valence-electron chi connectivity index (χ2n) is 18.8. The first-order valence-corrected chi connectivity index (χ1v) is 28.8. The number of allylic oxidation sites excluding steroid dienone is 20. The molecule has 2 unspecified atom stereocenters. The largest absolute Gasteiger partial charge is 0.472 e. The number of phosphoric acid groups is 1. The smallest absolute Gasteiger partial charge is 0.457 e. The molecule has 0 aliphatic rings. The molecular weight excluding hydrogens is 878 g/mol. The summed E-state index contributed by atoms with van der Waals surface area (Å²) in [6, 6.07) is 0. The minimum Gasteiger partial charge on any atom is -0.457 e. The molecule has 8 nitrogen and oxygen atoms in total. The van der Waals surface area contributed by atoms with Crippen LogP contribution in [0.3, 0.4) is 0 Å². The second kappa shape index (κ2) is 51.3. The van der Waals surface area contributed by atoms with Crippen molar-refractivity contribution in [1.82, 2.24) is 0 Å². The molecule has 0 rings (SSSR count). The summed E-state index contributed by atoms with van der Waals surface area (Å²) in [6.45, 7) is 5.34. The Labute approximate surface area is 424 Å². The molecule has 0 aliphatic heterocycles. The Hall–Kier alpha value is -3.10. The van der Waals surface area contributed by atoms with Gasteiger partial charge in [-0.2, -0.15) is 0 Å². The summed E-state index contributed by atoms with van der Waals surface area (Å²) in [5.41, 5.74) is 0. The summed E-state index contributed by atoms with van der Waals surface area (Å²) in [7, 11) is 1.63. The maximum atomic E-state index is 12.8. The monoisotopic (exact) mass is 981 g/mol. The van der Waals surface area contributed by atoms with Crippen LogP contribution in [0.25, 0.3) is 0 Å². The summed E-state index contributed by atoms with van der Waals surface area (Å²) in [6.07, 6.45) is 73.9. The van der Waals surface area contributed by atoms with Crippen molar-refractivity contribution < 1.29 is 37.3 Å². The first-order valence-electron chi connectivity index (χ1n) is 27.3. The van der Waals surface area contributed by atoms with Crippen LogP contribution in [0.5, 0.6) is 0 Å². The lowest BCUT2D eigenvalue weighted by molar-refractivity contribution is -0.870. The van der Waals surface area contributed by atoms with Gasteiger partial charge in [0.15, 0.2) is 0 Å². The van der Waals surface area contributed by atoms with E-state index in [1.807, 2.05) is 21.1 Å². The highest BCUT2D eigenvalue weighted by molar-refractivity contribution is 7.47. The van der Waals surface area contributed by atoms with E-state index < -0.39 is 13.9 Å². The number of hydrogen-bond donors (Lipinski definition) is 1. The topological polar surface area (TPSA) is 91.3 Å². The fourth-order valence-corrected chi connectivity index (χ4v) is 7.64. The quantitative estimate of drug-likeness (QED) is 0.0213. The van der Waals surface area contributed by atoms with E-state index in [1.165, 1.54) is 57.8 Å². The van der Waals surface area contributed by atoms with E-state index in [4.69, 9.17) is 18.5 Å². The van der Waals surface area contributed by atoms with Gasteiger partial charge in [-0.25, -0.2) is 4.57 Å². The number of carbonyl (C=O) groups is 1. The van der Waals surface area contributed by atoms with Gasteiger partial charge in [0.2, 0.25) is 0 Å². The number of quaternary nitrogens is 1. The molecule has 0 saturated heterocycles. The van der Waals surface area contributed by atoms with Crippen LogP contribution in [0.15, 0.2) is 122 Å². The molecule has 0 bridgehead atoms. The molecule has 2 atom stereocenters. The van der Waals surface area contributed by atoms with Gasteiger partial charge in [-0.3, -0.25) is 13.8 Å². The Morgan fingerprint density at radius 3 is 1.19 bits per heavy atom. The van der Waals surface area contributed by atoms with Crippen molar-refractivity contribution in [2.75, 3.05) is 54.1 Å². The van der Waals surface area contributed by atoms with E-state index in [0.717, 1.165) is 116 Å². The SMILES string of the molecule is CC/C=C\C/C=C\C/C=C\C/C=C\C/C=C\C/C=C\CCCCCCCCCOCC(COP(=O)(O)OCC[N+](C)(C)C)OC(=O)CCCCCCCCCC/C=C\C/C=C\C/C=C\C/C=C\CC. The van der Waals surface area contributed by atoms with E-state index in [-0.39, 0.29) is 25.8 Å². The molecule has 0 amide bonds. The van der Waals surface area contributed by atoms with Crippen molar-refractivity contribution in [2.45, 2.75) is 200 Å². The third-order valence-corrected chi connectivity index (χ3v) is 12.0.